The Morgan fingerprint density at radius 2 is 1.87 bits per heavy atom. The summed E-state index contributed by atoms with van der Waals surface area (Å²) in [5.74, 6) is 1.07. The molecule has 0 saturated heterocycles. The van der Waals surface area contributed by atoms with Crippen LogP contribution in [0.5, 0.6) is 17.2 Å². The van der Waals surface area contributed by atoms with Crippen molar-refractivity contribution in [2.45, 2.75) is 6.42 Å². The molecule has 2 aromatic carbocycles. The molecule has 0 heterocycles. The molecule has 6 heteroatoms. The number of rotatable bonds is 6. The summed E-state index contributed by atoms with van der Waals surface area (Å²) in [6, 6.07) is 11.6. The van der Waals surface area contributed by atoms with Crippen LogP contribution in [0.25, 0.3) is 6.08 Å². The fraction of sp³-hybridized carbons (Fsp3) is 0.176. The summed E-state index contributed by atoms with van der Waals surface area (Å²) < 4.78 is 10.4. The quantitative estimate of drug-likeness (QED) is 0.653. The predicted octanol–water partition coefficient (Wildman–Crippen LogP) is 3.27. The van der Waals surface area contributed by atoms with Gasteiger partial charge in [-0.1, -0.05) is 24.3 Å². The molecule has 23 heavy (non-hydrogen) atoms. The number of para-hydroxylation sites is 1. The Hall–Kier alpha value is -3.02. The number of aromatic hydroxyl groups is 1. The average molecular weight is 315 g/mol. The lowest BCUT2D eigenvalue weighted by Crippen LogP contribution is -2.03. The summed E-state index contributed by atoms with van der Waals surface area (Å²) in [5, 5.41) is 21.1. The van der Waals surface area contributed by atoms with Crippen molar-refractivity contribution in [1.82, 2.24) is 0 Å². The molecular weight excluding hydrogens is 298 g/mol. The standard InChI is InChI=1S/C17H17NO5/c1-22-16-8-7-12(10-17(16)23-2)9-14(18(20)21)11-13-5-3-4-6-15(13)19/h3-8,10-11,19H,9H2,1-2H3/b14-11+. The maximum Gasteiger partial charge on any atom is 0.251 e. The highest BCUT2D eigenvalue weighted by atomic mass is 16.6. The van der Waals surface area contributed by atoms with Gasteiger partial charge in [0.2, 0.25) is 0 Å². The zero-order chi connectivity index (χ0) is 16.8. The van der Waals surface area contributed by atoms with E-state index in [2.05, 4.69) is 0 Å². The second-order valence-corrected chi connectivity index (χ2v) is 4.82. The molecule has 0 aliphatic heterocycles. The topological polar surface area (TPSA) is 81.8 Å². The van der Waals surface area contributed by atoms with E-state index in [0.717, 1.165) is 0 Å². The van der Waals surface area contributed by atoms with Crippen molar-refractivity contribution >= 4 is 6.08 Å². The van der Waals surface area contributed by atoms with E-state index in [9.17, 15) is 15.2 Å². The van der Waals surface area contributed by atoms with Crippen molar-refractivity contribution in [2.75, 3.05) is 14.2 Å². The molecule has 0 radical (unpaired) electrons. The van der Waals surface area contributed by atoms with Crippen LogP contribution in [0, 0.1) is 10.1 Å². The third-order valence-electron chi connectivity index (χ3n) is 3.33. The van der Waals surface area contributed by atoms with E-state index in [0.29, 0.717) is 22.6 Å². The lowest BCUT2D eigenvalue weighted by molar-refractivity contribution is -0.425. The second kappa shape index (κ2) is 7.31. The van der Waals surface area contributed by atoms with E-state index >= 15 is 0 Å². The number of phenolic OH excluding ortho intramolecular Hbond substituents is 1. The van der Waals surface area contributed by atoms with Gasteiger partial charge in [0.05, 0.1) is 25.6 Å². The molecule has 0 aliphatic rings. The van der Waals surface area contributed by atoms with Crippen LogP contribution >= 0.6 is 0 Å². The van der Waals surface area contributed by atoms with Gasteiger partial charge in [0.15, 0.2) is 11.5 Å². The third kappa shape index (κ3) is 4.00. The molecule has 0 aliphatic carbocycles. The molecule has 2 aromatic rings. The van der Waals surface area contributed by atoms with Crippen molar-refractivity contribution in [3.05, 3.63) is 69.4 Å². The van der Waals surface area contributed by atoms with Gasteiger partial charge in [-0.3, -0.25) is 10.1 Å². The minimum atomic E-state index is -0.455. The summed E-state index contributed by atoms with van der Waals surface area (Å²) in [6.45, 7) is 0. The van der Waals surface area contributed by atoms with Crippen LogP contribution in [0.2, 0.25) is 0 Å². The van der Waals surface area contributed by atoms with E-state index in [1.807, 2.05) is 0 Å². The number of ether oxygens (including phenoxy) is 2. The molecule has 2 rings (SSSR count). The Morgan fingerprint density at radius 1 is 1.17 bits per heavy atom. The smallest absolute Gasteiger partial charge is 0.251 e. The molecule has 0 unspecified atom stereocenters. The van der Waals surface area contributed by atoms with Gasteiger partial charge in [-0.05, 0) is 23.8 Å². The fourth-order valence-electron chi connectivity index (χ4n) is 2.16. The Labute approximate surface area is 133 Å². The third-order valence-corrected chi connectivity index (χ3v) is 3.33. The highest BCUT2D eigenvalue weighted by Gasteiger charge is 2.15. The average Bonchev–Trinajstić information content (AvgIpc) is 2.55. The van der Waals surface area contributed by atoms with Gasteiger partial charge < -0.3 is 14.6 Å². The number of methoxy groups -OCH3 is 2. The summed E-state index contributed by atoms with van der Waals surface area (Å²) in [5.41, 5.74) is 1.08. The number of benzene rings is 2. The maximum atomic E-state index is 11.3. The zero-order valence-electron chi connectivity index (χ0n) is 12.9. The Balaban J connectivity index is 2.34. The van der Waals surface area contributed by atoms with Crippen LogP contribution in [0.4, 0.5) is 0 Å². The van der Waals surface area contributed by atoms with E-state index in [-0.39, 0.29) is 17.9 Å². The molecular formula is C17H17NO5. The van der Waals surface area contributed by atoms with Crippen LogP contribution in [0.3, 0.4) is 0 Å². The van der Waals surface area contributed by atoms with Gasteiger partial charge in [0.25, 0.3) is 5.70 Å². The SMILES string of the molecule is COc1ccc(C/C(=C\c2ccccc2O)[N+](=O)[O-])cc1OC. The van der Waals surface area contributed by atoms with Crippen LogP contribution in [0.1, 0.15) is 11.1 Å². The number of allylic oxidation sites excluding steroid dienone is 1. The van der Waals surface area contributed by atoms with Gasteiger partial charge in [-0.15, -0.1) is 0 Å². The first-order valence-corrected chi connectivity index (χ1v) is 6.89. The maximum absolute atomic E-state index is 11.3. The van der Waals surface area contributed by atoms with Gasteiger partial charge in [0.1, 0.15) is 5.75 Å². The minimum absolute atomic E-state index is 0.000776. The highest BCUT2D eigenvalue weighted by Crippen LogP contribution is 2.29. The Bertz CT molecular complexity index is 740. The summed E-state index contributed by atoms with van der Waals surface area (Å²) in [7, 11) is 3.03. The molecule has 0 amide bonds. The van der Waals surface area contributed by atoms with Gasteiger partial charge in [-0.2, -0.15) is 0 Å². The van der Waals surface area contributed by atoms with Crippen LogP contribution < -0.4 is 9.47 Å². The molecule has 0 saturated carbocycles. The first kappa shape index (κ1) is 16.4. The summed E-state index contributed by atoms with van der Waals surface area (Å²) >= 11 is 0. The van der Waals surface area contributed by atoms with E-state index in [1.165, 1.54) is 26.4 Å². The number of nitrogens with zero attached hydrogens (tertiary/aromatic N) is 1. The van der Waals surface area contributed by atoms with Crippen LogP contribution in [-0.2, 0) is 6.42 Å². The lowest BCUT2D eigenvalue weighted by Gasteiger charge is -2.09. The highest BCUT2D eigenvalue weighted by molar-refractivity contribution is 5.58. The molecule has 0 aromatic heterocycles. The fourth-order valence-corrected chi connectivity index (χ4v) is 2.16. The van der Waals surface area contributed by atoms with Gasteiger partial charge >= 0.3 is 0 Å². The van der Waals surface area contributed by atoms with Crippen molar-refractivity contribution in [3.63, 3.8) is 0 Å². The Kier molecular flexibility index (Phi) is 5.19. The molecule has 0 atom stereocenters. The summed E-state index contributed by atoms with van der Waals surface area (Å²) in [6.07, 6.45) is 1.47. The minimum Gasteiger partial charge on any atom is -0.507 e. The number of hydrogen-bond donors (Lipinski definition) is 1. The van der Waals surface area contributed by atoms with Crippen molar-refractivity contribution < 1.29 is 19.5 Å². The van der Waals surface area contributed by atoms with E-state index in [1.54, 1.807) is 36.4 Å². The molecule has 0 spiro atoms. The zero-order valence-corrected chi connectivity index (χ0v) is 12.9. The summed E-state index contributed by atoms with van der Waals surface area (Å²) in [4.78, 5) is 10.8. The number of nitro groups is 1. The first-order valence-electron chi connectivity index (χ1n) is 6.89. The normalized spacial score (nSPS) is 11.1. The monoisotopic (exact) mass is 315 g/mol. The number of phenols is 1. The van der Waals surface area contributed by atoms with Crippen LogP contribution in [-0.4, -0.2) is 24.2 Å². The first-order chi connectivity index (χ1) is 11.0. The van der Waals surface area contributed by atoms with E-state index in [4.69, 9.17) is 9.47 Å². The van der Waals surface area contributed by atoms with Gasteiger partial charge in [-0.25, -0.2) is 0 Å². The molecule has 1 N–H and O–H groups in total. The van der Waals surface area contributed by atoms with E-state index < -0.39 is 4.92 Å². The van der Waals surface area contributed by atoms with Gasteiger partial charge in [0, 0.05) is 11.6 Å². The molecule has 0 fully saturated rings. The lowest BCUT2D eigenvalue weighted by atomic mass is 10.1. The predicted molar refractivity (Wildman–Crippen MR) is 86.3 cm³/mol. The van der Waals surface area contributed by atoms with Crippen molar-refractivity contribution in [2.24, 2.45) is 0 Å². The van der Waals surface area contributed by atoms with Crippen molar-refractivity contribution in [1.29, 1.82) is 0 Å². The molecule has 120 valence electrons. The van der Waals surface area contributed by atoms with Crippen LogP contribution in [0.15, 0.2) is 48.2 Å². The van der Waals surface area contributed by atoms with Crippen molar-refractivity contribution in [3.8, 4) is 17.2 Å². The second-order valence-electron chi connectivity index (χ2n) is 4.82. The molecule has 0 bridgehead atoms. The largest absolute Gasteiger partial charge is 0.507 e. The molecule has 6 nitrogen and oxygen atoms in total. The number of hydrogen-bond acceptors (Lipinski definition) is 5. The Morgan fingerprint density at radius 3 is 2.48 bits per heavy atom.